The van der Waals surface area contributed by atoms with Crippen molar-refractivity contribution in [2.24, 2.45) is 5.92 Å². The van der Waals surface area contributed by atoms with Crippen LogP contribution in [0.1, 0.15) is 17.5 Å². The first-order chi connectivity index (χ1) is 7.79. The maximum Gasteiger partial charge on any atom is 0.0626 e. The predicted octanol–water partition coefficient (Wildman–Crippen LogP) is 2.16. The van der Waals surface area contributed by atoms with Gasteiger partial charge in [-0.3, -0.25) is 0 Å². The molecule has 2 nitrogen and oxygen atoms in total. The van der Waals surface area contributed by atoms with Crippen molar-refractivity contribution < 1.29 is 4.74 Å². The van der Waals surface area contributed by atoms with Gasteiger partial charge in [-0.15, -0.1) is 0 Å². The maximum atomic E-state index is 5.57. The lowest BCUT2D eigenvalue weighted by Gasteiger charge is -2.31. The Morgan fingerprint density at radius 1 is 1.44 bits per heavy atom. The smallest absolute Gasteiger partial charge is 0.0626 e. The van der Waals surface area contributed by atoms with Crippen molar-refractivity contribution in [3.63, 3.8) is 0 Å². The maximum absolute atomic E-state index is 5.57. The van der Waals surface area contributed by atoms with Crippen molar-refractivity contribution in [3.05, 3.63) is 35.4 Å². The summed E-state index contributed by atoms with van der Waals surface area (Å²) in [5, 5.41) is 3.45. The number of hydrogen-bond donors (Lipinski definition) is 1. The van der Waals surface area contributed by atoms with Gasteiger partial charge in [-0.25, -0.2) is 0 Å². The van der Waals surface area contributed by atoms with Crippen molar-refractivity contribution >= 4 is 0 Å². The molecule has 2 unspecified atom stereocenters. The van der Waals surface area contributed by atoms with Crippen LogP contribution in [-0.4, -0.2) is 26.3 Å². The molecular formula is C14H21NO. The Labute approximate surface area is 98.0 Å². The summed E-state index contributed by atoms with van der Waals surface area (Å²) in [5.41, 5.74) is 2.77. The molecular weight excluding hydrogens is 198 g/mol. The van der Waals surface area contributed by atoms with E-state index in [9.17, 15) is 0 Å². The highest BCUT2D eigenvalue weighted by Gasteiger charge is 2.24. The molecule has 2 rings (SSSR count). The van der Waals surface area contributed by atoms with Crippen LogP contribution < -0.4 is 5.32 Å². The summed E-state index contributed by atoms with van der Waals surface area (Å²) in [6.45, 7) is 4.31. The van der Waals surface area contributed by atoms with E-state index in [1.54, 1.807) is 0 Å². The quantitative estimate of drug-likeness (QED) is 0.841. The van der Waals surface area contributed by atoms with Crippen LogP contribution in [0, 0.1) is 12.8 Å². The number of methoxy groups -OCH3 is 1. The standard InChI is InChI=1S/C14H21NO/c1-11-4-3-5-12(8-11)9-13-10-15-7-6-14(13)16-2/h3-5,8,13-15H,6-7,9-10H2,1-2H3. The van der Waals surface area contributed by atoms with Gasteiger partial charge in [0.25, 0.3) is 0 Å². The van der Waals surface area contributed by atoms with Crippen LogP contribution in [0.3, 0.4) is 0 Å². The van der Waals surface area contributed by atoms with E-state index >= 15 is 0 Å². The zero-order valence-corrected chi connectivity index (χ0v) is 10.2. The van der Waals surface area contributed by atoms with Gasteiger partial charge in [-0.2, -0.15) is 0 Å². The lowest BCUT2D eigenvalue weighted by molar-refractivity contribution is 0.0311. The number of aryl methyl sites for hydroxylation is 1. The highest BCUT2D eigenvalue weighted by Crippen LogP contribution is 2.20. The van der Waals surface area contributed by atoms with E-state index in [0.717, 1.165) is 25.9 Å². The van der Waals surface area contributed by atoms with E-state index in [-0.39, 0.29) is 0 Å². The highest BCUT2D eigenvalue weighted by molar-refractivity contribution is 5.22. The Bertz CT molecular complexity index is 337. The van der Waals surface area contributed by atoms with Crippen LogP contribution in [0.5, 0.6) is 0 Å². The zero-order chi connectivity index (χ0) is 11.4. The predicted molar refractivity (Wildman–Crippen MR) is 66.7 cm³/mol. The first-order valence-corrected chi connectivity index (χ1v) is 6.08. The number of ether oxygens (including phenoxy) is 1. The summed E-state index contributed by atoms with van der Waals surface area (Å²) in [7, 11) is 1.83. The lowest BCUT2D eigenvalue weighted by Crippen LogP contribution is -2.41. The number of rotatable bonds is 3. The molecule has 1 aromatic rings. The molecule has 0 spiro atoms. The van der Waals surface area contributed by atoms with Gasteiger partial charge < -0.3 is 10.1 Å². The van der Waals surface area contributed by atoms with Gasteiger partial charge in [0.05, 0.1) is 6.10 Å². The second-order valence-electron chi connectivity index (χ2n) is 4.72. The van der Waals surface area contributed by atoms with Crippen molar-refractivity contribution in [1.82, 2.24) is 5.32 Å². The lowest BCUT2D eigenvalue weighted by atomic mass is 9.89. The van der Waals surface area contributed by atoms with E-state index in [1.165, 1.54) is 11.1 Å². The molecule has 0 saturated carbocycles. The summed E-state index contributed by atoms with van der Waals surface area (Å²) in [5.74, 6) is 0.612. The monoisotopic (exact) mass is 219 g/mol. The molecule has 0 bridgehead atoms. The zero-order valence-electron chi connectivity index (χ0n) is 10.2. The number of benzene rings is 1. The summed E-state index contributed by atoms with van der Waals surface area (Å²) in [6.07, 6.45) is 2.67. The van der Waals surface area contributed by atoms with Crippen LogP contribution in [0.4, 0.5) is 0 Å². The molecule has 0 amide bonds. The van der Waals surface area contributed by atoms with Crippen molar-refractivity contribution in [2.45, 2.75) is 25.9 Å². The molecule has 1 heterocycles. The van der Waals surface area contributed by atoms with E-state index in [1.807, 2.05) is 7.11 Å². The topological polar surface area (TPSA) is 21.3 Å². The molecule has 88 valence electrons. The number of hydrogen-bond acceptors (Lipinski definition) is 2. The van der Waals surface area contributed by atoms with Crippen LogP contribution in [0.15, 0.2) is 24.3 Å². The fourth-order valence-electron chi connectivity index (χ4n) is 2.55. The minimum absolute atomic E-state index is 0.418. The third kappa shape index (κ3) is 2.83. The van der Waals surface area contributed by atoms with Crippen LogP contribution in [0.2, 0.25) is 0 Å². The molecule has 1 aromatic carbocycles. The van der Waals surface area contributed by atoms with Gasteiger partial charge in [0, 0.05) is 19.6 Å². The Hall–Kier alpha value is -0.860. The molecule has 1 saturated heterocycles. The van der Waals surface area contributed by atoms with E-state index in [2.05, 4.69) is 36.5 Å². The van der Waals surface area contributed by atoms with Crippen LogP contribution in [-0.2, 0) is 11.2 Å². The van der Waals surface area contributed by atoms with Crippen LogP contribution in [0.25, 0.3) is 0 Å². The van der Waals surface area contributed by atoms with Crippen molar-refractivity contribution in [2.75, 3.05) is 20.2 Å². The first-order valence-electron chi connectivity index (χ1n) is 6.08. The summed E-state index contributed by atoms with van der Waals surface area (Å²) >= 11 is 0. The van der Waals surface area contributed by atoms with E-state index in [0.29, 0.717) is 12.0 Å². The molecule has 0 radical (unpaired) electrons. The van der Waals surface area contributed by atoms with E-state index in [4.69, 9.17) is 4.74 Å². The minimum atomic E-state index is 0.418. The third-order valence-electron chi connectivity index (χ3n) is 3.42. The number of nitrogens with one attached hydrogen (secondary N) is 1. The molecule has 1 aliphatic heterocycles. The van der Waals surface area contributed by atoms with Gasteiger partial charge in [0.1, 0.15) is 0 Å². The Morgan fingerprint density at radius 2 is 2.31 bits per heavy atom. The largest absolute Gasteiger partial charge is 0.381 e. The van der Waals surface area contributed by atoms with Gasteiger partial charge in [-0.05, 0) is 31.9 Å². The van der Waals surface area contributed by atoms with Crippen LogP contribution >= 0.6 is 0 Å². The average Bonchev–Trinajstić information content (AvgIpc) is 2.30. The second-order valence-corrected chi connectivity index (χ2v) is 4.72. The summed E-state index contributed by atoms with van der Waals surface area (Å²) in [6, 6.07) is 8.79. The average molecular weight is 219 g/mol. The summed E-state index contributed by atoms with van der Waals surface area (Å²) in [4.78, 5) is 0. The molecule has 2 heteroatoms. The van der Waals surface area contributed by atoms with E-state index < -0.39 is 0 Å². The van der Waals surface area contributed by atoms with Crippen molar-refractivity contribution in [1.29, 1.82) is 0 Å². The highest BCUT2D eigenvalue weighted by atomic mass is 16.5. The molecule has 0 aromatic heterocycles. The Kier molecular flexibility index (Phi) is 3.97. The van der Waals surface area contributed by atoms with Gasteiger partial charge in [0.15, 0.2) is 0 Å². The fourth-order valence-corrected chi connectivity index (χ4v) is 2.55. The second kappa shape index (κ2) is 5.46. The van der Waals surface area contributed by atoms with Gasteiger partial charge >= 0.3 is 0 Å². The fraction of sp³-hybridized carbons (Fsp3) is 0.571. The minimum Gasteiger partial charge on any atom is -0.381 e. The third-order valence-corrected chi connectivity index (χ3v) is 3.42. The molecule has 16 heavy (non-hydrogen) atoms. The molecule has 1 fully saturated rings. The molecule has 0 aliphatic carbocycles. The SMILES string of the molecule is COC1CCNCC1Cc1cccc(C)c1. The Morgan fingerprint density at radius 3 is 3.06 bits per heavy atom. The summed E-state index contributed by atoms with van der Waals surface area (Å²) < 4.78 is 5.57. The number of piperidine rings is 1. The van der Waals surface area contributed by atoms with Gasteiger partial charge in [0.2, 0.25) is 0 Å². The Balaban J connectivity index is 2.02. The molecule has 2 atom stereocenters. The first kappa shape index (κ1) is 11.6. The molecule has 1 aliphatic rings. The normalized spacial score (nSPS) is 25.6. The molecule has 1 N–H and O–H groups in total. The van der Waals surface area contributed by atoms with Gasteiger partial charge in [-0.1, -0.05) is 29.8 Å². The van der Waals surface area contributed by atoms with Crippen molar-refractivity contribution in [3.8, 4) is 0 Å².